The molecular weight excluding hydrogens is 314 g/mol. The Kier molecular flexibility index (Phi) is 3.20. The Bertz CT molecular complexity index is 687. The van der Waals surface area contributed by atoms with E-state index in [9.17, 15) is 31.1 Å². The van der Waals surface area contributed by atoms with Crippen molar-refractivity contribution in [2.45, 2.75) is 12.4 Å². The lowest BCUT2D eigenvalue weighted by atomic mass is 10.2. The topological polar surface area (TPSA) is 34.4 Å². The molecule has 0 fully saturated rings. The molecule has 0 amide bonds. The number of ketones is 1. The Morgan fingerprint density at radius 3 is 2.30 bits per heavy atom. The molecule has 0 radical (unpaired) electrons. The number of halogens is 7. The number of hydrogen-bond acceptors (Lipinski definition) is 2. The van der Waals surface area contributed by atoms with Crippen molar-refractivity contribution in [2.24, 2.45) is 0 Å². The Morgan fingerprint density at radius 1 is 1.20 bits per heavy atom. The summed E-state index contributed by atoms with van der Waals surface area (Å²) < 4.78 is 75.1. The molecule has 0 aliphatic rings. The zero-order valence-electron chi connectivity index (χ0n) is 9.18. The molecule has 0 atom stereocenters. The molecule has 10 heteroatoms. The summed E-state index contributed by atoms with van der Waals surface area (Å²) in [7, 11) is 0. The number of imidazole rings is 1. The Hall–Kier alpha value is -1.77. The summed E-state index contributed by atoms with van der Waals surface area (Å²) in [5.41, 5.74) is -2.70. The maximum Gasteiger partial charge on any atom is 0.456 e. The number of alkyl halides is 6. The number of carbonyl (C=O) groups excluding carboxylic acids is 1. The summed E-state index contributed by atoms with van der Waals surface area (Å²) in [5.74, 6) is -2.31. The summed E-state index contributed by atoms with van der Waals surface area (Å²) in [6.07, 6.45) is -9.18. The van der Waals surface area contributed by atoms with Gasteiger partial charge in [-0.15, -0.1) is 0 Å². The van der Waals surface area contributed by atoms with Gasteiger partial charge in [-0.25, -0.2) is 4.98 Å². The molecule has 0 unspecified atom stereocenters. The fourth-order valence-electron chi connectivity index (χ4n) is 1.51. The second-order valence-electron chi connectivity index (χ2n) is 3.74. The van der Waals surface area contributed by atoms with Crippen LogP contribution in [-0.2, 0) is 6.18 Å². The van der Waals surface area contributed by atoms with Gasteiger partial charge in [-0.05, 0) is 6.07 Å². The first-order valence-corrected chi connectivity index (χ1v) is 5.25. The zero-order chi connectivity index (χ0) is 15.3. The van der Waals surface area contributed by atoms with E-state index in [1.54, 1.807) is 0 Å². The third-order valence-electron chi connectivity index (χ3n) is 2.38. The van der Waals surface area contributed by atoms with E-state index in [0.29, 0.717) is 22.9 Å². The van der Waals surface area contributed by atoms with Gasteiger partial charge in [-0.3, -0.25) is 9.20 Å². The summed E-state index contributed by atoms with van der Waals surface area (Å²) >= 11 is 5.52. The highest BCUT2D eigenvalue weighted by Crippen LogP contribution is 2.33. The average molecular weight is 317 g/mol. The van der Waals surface area contributed by atoms with Gasteiger partial charge >= 0.3 is 12.4 Å². The van der Waals surface area contributed by atoms with Crippen molar-refractivity contribution in [3.05, 3.63) is 34.7 Å². The molecule has 0 aliphatic heterocycles. The minimum Gasteiger partial charge on any atom is -0.295 e. The highest BCUT2D eigenvalue weighted by atomic mass is 35.5. The number of aromatic nitrogens is 2. The fraction of sp³-hybridized carbons (Fsp3) is 0.200. The van der Waals surface area contributed by atoms with Gasteiger partial charge in [-0.1, -0.05) is 11.6 Å². The van der Waals surface area contributed by atoms with Crippen LogP contribution >= 0.6 is 11.6 Å². The van der Waals surface area contributed by atoms with Crippen molar-refractivity contribution < 1.29 is 31.1 Å². The number of pyridine rings is 1. The molecule has 2 heterocycles. The second kappa shape index (κ2) is 4.37. The fourth-order valence-corrected chi connectivity index (χ4v) is 1.77. The SMILES string of the molecule is O=C(c1cnc2c(Cl)cc(C(F)(F)F)cn12)C(F)(F)F. The van der Waals surface area contributed by atoms with Crippen molar-refractivity contribution in [1.82, 2.24) is 9.38 Å². The molecule has 0 saturated heterocycles. The summed E-state index contributed by atoms with van der Waals surface area (Å²) in [4.78, 5) is 14.5. The normalized spacial score (nSPS) is 12.9. The monoisotopic (exact) mass is 316 g/mol. The van der Waals surface area contributed by atoms with E-state index in [1.165, 1.54) is 0 Å². The molecule has 2 rings (SSSR count). The minimum atomic E-state index is -5.23. The average Bonchev–Trinajstić information content (AvgIpc) is 2.69. The molecule has 0 aliphatic carbocycles. The molecule has 3 nitrogen and oxygen atoms in total. The van der Waals surface area contributed by atoms with Crippen LogP contribution in [0, 0.1) is 0 Å². The third-order valence-corrected chi connectivity index (χ3v) is 2.66. The maximum atomic E-state index is 12.6. The van der Waals surface area contributed by atoms with Crippen LogP contribution in [0.25, 0.3) is 5.65 Å². The molecule has 0 bridgehead atoms. The van der Waals surface area contributed by atoms with Crippen molar-refractivity contribution in [2.75, 3.05) is 0 Å². The van der Waals surface area contributed by atoms with Crippen LogP contribution in [0.1, 0.15) is 16.1 Å². The van der Waals surface area contributed by atoms with Crippen molar-refractivity contribution in [3.63, 3.8) is 0 Å². The van der Waals surface area contributed by atoms with Gasteiger partial charge in [0.25, 0.3) is 5.78 Å². The quantitative estimate of drug-likeness (QED) is 0.593. The van der Waals surface area contributed by atoms with Crippen LogP contribution in [0.3, 0.4) is 0 Å². The molecule has 2 aromatic heterocycles. The van der Waals surface area contributed by atoms with Crippen LogP contribution in [0.4, 0.5) is 26.3 Å². The zero-order valence-corrected chi connectivity index (χ0v) is 9.94. The lowest BCUT2D eigenvalue weighted by Crippen LogP contribution is -2.24. The predicted molar refractivity (Wildman–Crippen MR) is 55.6 cm³/mol. The molecule has 108 valence electrons. The minimum absolute atomic E-state index is 0.340. The van der Waals surface area contributed by atoms with Gasteiger partial charge in [0.2, 0.25) is 0 Å². The first-order valence-electron chi connectivity index (χ1n) is 4.87. The highest BCUT2D eigenvalue weighted by molar-refractivity contribution is 6.33. The van der Waals surface area contributed by atoms with Crippen LogP contribution < -0.4 is 0 Å². The standard InChI is InChI=1S/C10H3ClF6N2O/c11-5-1-4(9(12,13)14)3-19-6(2-18-8(5)19)7(20)10(15,16)17/h1-3H. The number of fused-ring (bicyclic) bond motifs is 1. The van der Waals surface area contributed by atoms with Crippen LogP contribution in [0.2, 0.25) is 5.02 Å². The third kappa shape index (κ3) is 2.45. The van der Waals surface area contributed by atoms with Gasteiger partial charge in [-0.2, -0.15) is 26.3 Å². The second-order valence-corrected chi connectivity index (χ2v) is 4.15. The summed E-state index contributed by atoms with van der Waals surface area (Å²) in [6, 6.07) is 0.520. The smallest absolute Gasteiger partial charge is 0.295 e. The molecule has 0 N–H and O–H groups in total. The van der Waals surface area contributed by atoms with Gasteiger partial charge in [0, 0.05) is 6.20 Å². The number of carbonyl (C=O) groups is 1. The van der Waals surface area contributed by atoms with Crippen LogP contribution in [-0.4, -0.2) is 21.3 Å². The molecular formula is C10H3ClF6N2O. The molecule has 2 aromatic rings. The Morgan fingerprint density at radius 2 is 1.80 bits per heavy atom. The van der Waals surface area contributed by atoms with E-state index in [4.69, 9.17) is 11.6 Å². The molecule has 0 saturated carbocycles. The van der Waals surface area contributed by atoms with E-state index in [0.717, 1.165) is 0 Å². The largest absolute Gasteiger partial charge is 0.456 e. The van der Waals surface area contributed by atoms with E-state index in [-0.39, 0.29) is 5.65 Å². The Labute approximate surface area is 111 Å². The van der Waals surface area contributed by atoms with Gasteiger partial charge < -0.3 is 0 Å². The summed E-state index contributed by atoms with van der Waals surface area (Å²) in [6.45, 7) is 0. The number of rotatable bonds is 1. The molecule has 0 aromatic carbocycles. The van der Waals surface area contributed by atoms with Gasteiger partial charge in [0.1, 0.15) is 5.69 Å². The highest BCUT2D eigenvalue weighted by Gasteiger charge is 2.41. The first-order chi connectivity index (χ1) is 9.01. The van der Waals surface area contributed by atoms with Gasteiger partial charge in [0.15, 0.2) is 5.65 Å². The van der Waals surface area contributed by atoms with E-state index >= 15 is 0 Å². The maximum absolute atomic E-state index is 12.6. The van der Waals surface area contributed by atoms with E-state index < -0.39 is 34.4 Å². The van der Waals surface area contributed by atoms with E-state index in [1.807, 2.05) is 0 Å². The molecule has 0 spiro atoms. The first kappa shape index (κ1) is 14.6. The van der Waals surface area contributed by atoms with E-state index in [2.05, 4.69) is 4.98 Å². The lowest BCUT2D eigenvalue weighted by Gasteiger charge is -2.10. The summed E-state index contributed by atoms with van der Waals surface area (Å²) in [5, 5.41) is -0.513. The predicted octanol–water partition coefficient (Wildman–Crippen LogP) is 3.75. The number of hydrogen-bond donors (Lipinski definition) is 0. The van der Waals surface area contributed by atoms with Crippen LogP contribution in [0.15, 0.2) is 18.5 Å². The van der Waals surface area contributed by atoms with Gasteiger partial charge in [0.05, 0.1) is 16.8 Å². The number of nitrogens with zero attached hydrogens (tertiary/aromatic N) is 2. The molecule has 20 heavy (non-hydrogen) atoms. The van der Waals surface area contributed by atoms with Crippen molar-refractivity contribution >= 4 is 23.0 Å². The Balaban J connectivity index is 2.71. The van der Waals surface area contributed by atoms with Crippen molar-refractivity contribution in [1.29, 1.82) is 0 Å². The van der Waals surface area contributed by atoms with Crippen LogP contribution in [0.5, 0.6) is 0 Å². The number of Topliss-reactive ketones (excluding diaryl/α,β-unsaturated/α-hetero) is 1. The lowest BCUT2D eigenvalue weighted by molar-refractivity contribution is -0.137. The van der Waals surface area contributed by atoms with Crippen molar-refractivity contribution in [3.8, 4) is 0 Å².